The minimum Gasteiger partial charge on any atom is -0.508 e. The zero-order valence-corrected chi connectivity index (χ0v) is 10.9. The van der Waals surface area contributed by atoms with Crippen molar-refractivity contribution in [3.8, 4) is 5.75 Å². The molecule has 0 saturated carbocycles. The fourth-order valence-electron chi connectivity index (χ4n) is 2.10. The van der Waals surface area contributed by atoms with E-state index in [4.69, 9.17) is 0 Å². The van der Waals surface area contributed by atoms with Crippen LogP contribution in [0, 0.1) is 0 Å². The lowest BCUT2D eigenvalue weighted by molar-refractivity contribution is 0.475. The molecule has 3 N–H and O–H groups in total. The normalized spacial score (nSPS) is 19.9. The van der Waals surface area contributed by atoms with Crippen LogP contribution < -0.4 is 10.0 Å². The Bertz CT molecular complexity index is 496. The quantitative estimate of drug-likeness (QED) is 0.753. The van der Waals surface area contributed by atoms with Crippen LogP contribution in [0.25, 0.3) is 0 Å². The van der Waals surface area contributed by atoms with Crippen LogP contribution in [-0.4, -0.2) is 31.9 Å². The summed E-state index contributed by atoms with van der Waals surface area (Å²) in [5.41, 5.74) is 0.398. The highest BCUT2D eigenvalue weighted by molar-refractivity contribution is 7.92. The number of phenolic OH excluding ortho intramolecular Hbond substituents is 1. The summed E-state index contributed by atoms with van der Waals surface area (Å²) in [4.78, 5) is 0. The molecule has 1 unspecified atom stereocenters. The maximum absolute atomic E-state index is 11.8. The smallest absolute Gasteiger partial charge is 0.232 e. The lowest BCUT2D eigenvalue weighted by Gasteiger charge is -2.11. The number of anilines is 1. The zero-order valence-electron chi connectivity index (χ0n) is 10.1. The number of aromatic hydroxyl groups is 1. The van der Waals surface area contributed by atoms with E-state index in [1.165, 1.54) is 12.1 Å². The predicted molar refractivity (Wildman–Crippen MR) is 71.2 cm³/mol. The van der Waals surface area contributed by atoms with Crippen molar-refractivity contribution in [2.24, 2.45) is 0 Å². The number of hydrogen-bond donors (Lipinski definition) is 3. The lowest BCUT2D eigenvalue weighted by Crippen LogP contribution is -2.26. The lowest BCUT2D eigenvalue weighted by atomic mass is 10.2. The van der Waals surface area contributed by atoms with Crippen LogP contribution in [-0.2, 0) is 10.0 Å². The first-order chi connectivity index (χ1) is 8.55. The van der Waals surface area contributed by atoms with E-state index in [2.05, 4.69) is 10.0 Å². The van der Waals surface area contributed by atoms with Crippen LogP contribution in [0.2, 0.25) is 0 Å². The van der Waals surface area contributed by atoms with Gasteiger partial charge in [-0.05, 0) is 37.9 Å². The molecule has 1 saturated heterocycles. The highest BCUT2D eigenvalue weighted by atomic mass is 32.2. The summed E-state index contributed by atoms with van der Waals surface area (Å²) < 4.78 is 26.2. The number of hydrogen-bond acceptors (Lipinski definition) is 4. The molecule has 0 amide bonds. The Kier molecular flexibility index (Phi) is 4.08. The first-order valence-corrected chi connectivity index (χ1v) is 7.73. The first-order valence-electron chi connectivity index (χ1n) is 6.08. The molecule has 2 rings (SSSR count). The molecule has 1 aromatic carbocycles. The molecule has 1 aliphatic heterocycles. The molecule has 6 heteroatoms. The minimum absolute atomic E-state index is 0.0488. The van der Waals surface area contributed by atoms with E-state index in [0.29, 0.717) is 18.2 Å². The van der Waals surface area contributed by atoms with Crippen LogP contribution >= 0.6 is 0 Å². The van der Waals surface area contributed by atoms with Gasteiger partial charge in [0.15, 0.2) is 0 Å². The molecule has 18 heavy (non-hydrogen) atoms. The topological polar surface area (TPSA) is 78.4 Å². The summed E-state index contributed by atoms with van der Waals surface area (Å²) in [5, 5.41) is 12.5. The monoisotopic (exact) mass is 270 g/mol. The molecule has 1 atom stereocenters. The molecule has 0 bridgehead atoms. The molecule has 0 radical (unpaired) electrons. The number of nitrogens with one attached hydrogen (secondary N) is 2. The molecule has 1 aliphatic rings. The standard InChI is InChI=1S/C12H18N2O3S/c15-12-5-1-3-11(9-12)14-18(16,17)8-6-10-4-2-7-13-10/h1,3,5,9-10,13-15H,2,4,6-8H2. The van der Waals surface area contributed by atoms with Crippen LogP contribution in [0.1, 0.15) is 19.3 Å². The SMILES string of the molecule is O=S(=O)(CCC1CCCN1)Nc1cccc(O)c1. The molecule has 1 heterocycles. The summed E-state index contributed by atoms with van der Waals surface area (Å²) >= 11 is 0. The molecule has 0 aliphatic carbocycles. The highest BCUT2D eigenvalue weighted by Crippen LogP contribution is 2.17. The van der Waals surface area contributed by atoms with Crippen LogP contribution in [0.5, 0.6) is 5.75 Å². The number of benzene rings is 1. The van der Waals surface area contributed by atoms with Crippen molar-refractivity contribution >= 4 is 15.7 Å². The molecule has 5 nitrogen and oxygen atoms in total. The van der Waals surface area contributed by atoms with Gasteiger partial charge in [-0.25, -0.2) is 8.42 Å². The third-order valence-electron chi connectivity index (χ3n) is 3.02. The van der Waals surface area contributed by atoms with E-state index < -0.39 is 10.0 Å². The van der Waals surface area contributed by atoms with Crippen molar-refractivity contribution in [2.45, 2.75) is 25.3 Å². The van der Waals surface area contributed by atoms with Crippen LogP contribution in [0.15, 0.2) is 24.3 Å². The van der Waals surface area contributed by atoms with Crippen molar-refractivity contribution in [2.75, 3.05) is 17.0 Å². The largest absolute Gasteiger partial charge is 0.508 e. The van der Waals surface area contributed by atoms with Gasteiger partial charge in [-0.15, -0.1) is 0 Å². The molecule has 0 spiro atoms. The minimum atomic E-state index is -3.34. The molecule has 1 fully saturated rings. The molecular weight excluding hydrogens is 252 g/mol. The summed E-state index contributed by atoms with van der Waals surface area (Å²) in [6.07, 6.45) is 2.78. The van der Waals surface area contributed by atoms with Gasteiger partial charge in [0.25, 0.3) is 0 Å². The van der Waals surface area contributed by atoms with Crippen molar-refractivity contribution in [3.63, 3.8) is 0 Å². The zero-order chi connectivity index (χ0) is 13.0. The van der Waals surface area contributed by atoms with Gasteiger partial charge in [-0.3, -0.25) is 4.72 Å². The van der Waals surface area contributed by atoms with E-state index >= 15 is 0 Å². The van der Waals surface area contributed by atoms with Crippen LogP contribution in [0.4, 0.5) is 5.69 Å². The average Bonchev–Trinajstić information content (AvgIpc) is 2.78. The summed E-state index contributed by atoms with van der Waals surface area (Å²) in [5.74, 6) is 0.146. The molecule has 1 aromatic rings. The second kappa shape index (κ2) is 5.58. The van der Waals surface area contributed by atoms with Gasteiger partial charge in [-0.1, -0.05) is 6.07 Å². The fourth-order valence-corrected chi connectivity index (χ4v) is 3.28. The predicted octanol–water partition coefficient (Wildman–Crippen LogP) is 1.28. The van der Waals surface area contributed by atoms with Gasteiger partial charge in [0.2, 0.25) is 10.0 Å². The highest BCUT2D eigenvalue weighted by Gasteiger charge is 2.18. The second-order valence-corrected chi connectivity index (χ2v) is 6.40. The van der Waals surface area contributed by atoms with E-state index in [9.17, 15) is 13.5 Å². The number of rotatable bonds is 5. The Morgan fingerprint density at radius 2 is 2.28 bits per heavy atom. The second-order valence-electron chi connectivity index (χ2n) is 4.55. The van der Waals surface area contributed by atoms with Gasteiger partial charge >= 0.3 is 0 Å². The van der Waals surface area contributed by atoms with Crippen molar-refractivity contribution in [1.29, 1.82) is 0 Å². The van der Waals surface area contributed by atoms with Crippen molar-refractivity contribution in [1.82, 2.24) is 5.32 Å². The Balaban J connectivity index is 1.90. The van der Waals surface area contributed by atoms with E-state index in [0.717, 1.165) is 19.4 Å². The van der Waals surface area contributed by atoms with E-state index in [1.807, 2.05) is 0 Å². The van der Waals surface area contributed by atoms with Crippen molar-refractivity contribution < 1.29 is 13.5 Å². The van der Waals surface area contributed by atoms with Gasteiger partial charge in [0.05, 0.1) is 11.4 Å². The van der Waals surface area contributed by atoms with Crippen molar-refractivity contribution in [3.05, 3.63) is 24.3 Å². The van der Waals surface area contributed by atoms with Crippen LogP contribution in [0.3, 0.4) is 0 Å². The first kappa shape index (κ1) is 13.2. The van der Waals surface area contributed by atoms with Gasteiger partial charge in [0, 0.05) is 12.1 Å². The Hall–Kier alpha value is -1.27. The number of sulfonamides is 1. The third-order valence-corrected chi connectivity index (χ3v) is 4.34. The van der Waals surface area contributed by atoms with E-state index in [1.54, 1.807) is 12.1 Å². The molecular formula is C12H18N2O3S. The fraction of sp³-hybridized carbons (Fsp3) is 0.500. The number of phenols is 1. The van der Waals surface area contributed by atoms with Gasteiger partial charge in [-0.2, -0.15) is 0 Å². The third kappa shape index (κ3) is 3.89. The summed E-state index contributed by atoms with van der Waals surface area (Å²) in [6, 6.07) is 6.42. The Labute approximate surface area is 107 Å². The van der Waals surface area contributed by atoms with Gasteiger partial charge in [0.1, 0.15) is 5.75 Å². The Morgan fingerprint density at radius 3 is 2.94 bits per heavy atom. The van der Waals surface area contributed by atoms with E-state index in [-0.39, 0.29) is 11.5 Å². The molecule has 100 valence electrons. The summed E-state index contributed by atoms with van der Waals surface area (Å²) in [7, 11) is -3.34. The maximum atomic E-state index is 11.8. The Morgan fingerprint density at radius 1 is 1.44 bits per heavy atom. The average molecular weight is 270 g/mol. The summed E-state index contributed by atoms with van der Waals surface area (Å²) in [6.45, 7) is 0.977. The van der Waals surface area contributed by atoms with Gasteiger partial charge < -0.3 is 10.4 Å². The molecule has 0 aromatic heterocycles. The maximum Gasteiger partial charge on any atom is 0.232 e.